The summed E-state index contributed by atoms with van der Waals surface area (Å²) in [5.41, 5.74) is 1.89. The van der Waals surface area contributed by atoms with Gasteiger partial charge in [-0.05, 0) is 33.4 Å². The fourth-order valence-electron chi connectivity index (χ4n) is 4.02. The van der Waals surface area contributed by atoms with E-state index in [4.69, 9.17) is 15.3 Å². The van der Waals surface area contributed by atoms with Gasteiger partial charge in [0.25, 0.3) is 5.56 Å². The Labute approximate surface area is 188 Å². The molecule has 0 unspecified atom stereocenters. The normalized spacial score (nSPS) is 20.3. The molecule has 0 radical (unpaired) electrons. The second-order valence-electron chi connectivity index (χ2n) is 8.34. The summed E-state index contributed by atoms with van der Waals surface area (Å²) in [5, 5.41) is 30.9. The Morgan fingerprint density at radius 1 is 1.41 bits per heavy atom. The van der Waals surface area contributed by atoms with E-state index in [9.17, 15) is 10.0 Å². The van der Waals surface area contributed by atoms with E-state index in [0.717, 1.165) is 6.42 Å². The predicted octanol–water partition coefficient (Wildman–Crippen LogP) is 2.42. The van der Waals surface area contributed by atoms with Crippen molar-refractivity contribution in [2.75, 3.05) is 39.9 Å². The molecule has 1 aromatic heterocycles. The number of rotatable bonds is 10. The van der Waals surface area contributed by atoms with E-state index < -0.39 is 4.65 Å². The number of nitrogens with zero attached hydrogens (tertiary/aromatic N) is 3. The highest BCUT2D eigenvalue weighted by molar-refractivity contribution is 5.97. The van der Waals surface area contributed by atoms with E-state index >= 15 is 0 Å². The molecule has 0 amide bonds. The van der Waals surface area contributed by atoms with Crippen LogP contribution in [0.5, 0.6) is 5.75 Å². The molecule has 0 saturated carbocycles. The first kappa shape index (κ1) is 24.1. The highest BCUT2D eigenvalue weighted by Gasteiger charge is 2.41. The van der Waals surface area contributed by atoms with Gasteiger partial charge >= 0.3 is 0 Å². The van der Waals surface area contributed by atoms with Crippen molar-refractivity contribution in [2.45, 2.75) is 39.7 Å². The minimum atomic E-state index is -0.492. The van der Waals surface area contributed by atoms with Crippen LogP contribution >= 0.6 is 0 Å². The lowest BCUT2D eigenvalue weighted by atomic mass is 10.0. The molecule has 3 rings (SSSR count). The molecule has 0 spiro atoms. The summed E-state index contributed by atoms with van der Waals surface area (Å²) in [6, 6.07) is 5.35. The van der Waals surface area contributed by atoms with E-state index in [0.29, 0.717) is 72.5 Å². The number of H-pyrrole nitrogens is 1. The summed E-state index contributed by atoms with van der Waals surface area (Å²) in [5.74, 6) is 0.820. The van der Waals surface area contributed by atoms with Gasteiger partial charge < -0.3 is 30.1 Å². The number of aromatic amines is 1. The van der Waals surface area contributed by atoms with E-state index in [-0.39, 0.29) is 18.2 Å². The molecule has 2 heterocycles. The van der Waals surface area contributed by atoms with Gasteiger partial charge in [-0.15, -0.1) is 0 Å². The van der Waals surface area contributed by atoms with Crippen molar-refractivity contribution in [1.29, 1.82) is 5.41 Å². The molecule has 1 aromatic carbocycles. The smallest absolute Gasteiger partial charge is 0.254 e. The molecule has 0 bridgehead atoms. The zero-order valence-corrected chi connectivity index (χ0v) is 19.3. The van der Waals surface area contributed by atoms with Crippen molar-refractivity contribution in [2.24, 2.45) is 0 Å². The minimum Gasteiger partial charge on any atom is -0.627 e. The number of aromatic nitrogens is 2. The average molecular weight is 444 g/mol. The van der Waals surface area contributed by atoms with E-state index in [2.05, 4.69) is 9.97 Å². The largest absolute Gasteiger partial charge is 0.627 e. The summed E-state index contributed by atoms with van der Waals surface area (Å²) in [6.07, 6.45) is 1.31. The van der Waals surface area contributed by atoms with Crippen LogP contribution in [0.15, 0.2) is 23.0 Å². The monoisotopic (exact) mass is 443 g/mol. The third kappa shape index (κ3) is 4.75. The molecular weight excluding hydrogens is 410 g/mol. The van der Waals surface area contributed by atoms with Gasteiger partial charge in [0.2, 0.25) is 0 Å². The summed E-state index contributed by atoms with van der Waals surface area (Å²) >= 11 is 0. The zero-order chi connectivity index (χ0) is 23.5. The van der Waals surface area contributed by atoms with E-state index in [1.807, 2.05) is 25.8 Å². The number of ether oxygens (including phenoxy) is 1. The van der Waals surface area contributed by atoms with Gasteiger partial charge in [-0.3, -0.25) is 9.69 Å². The molecule has 174 valence electrons. The molecular formula is C23H33N5O4. The minimum absolute atomic E-state index is 0.0564. The number of quaternary nitrogens is 1. The molecule has 9 heteroatoms. The van der Waals surface area contributed by atoms with Gasteiger partial charge in [-0.25, -0.2) is 4.98 Å². The number of hydrogen-bond donors (Lipinski definition) is 3. The lowest BCUT2D eigenvalue weighted by molar-refractivity contribution is 0.0757. The Morgan fingerprint density at radius 2 is 2.12 bits per heavy atom. The number of hydroxylamine groups is 2. The van der Waals surface area contributed by atoms with Crippen LogP contribution < -0.4 is 14.9 Å². The fraction of sp³-hybridized carbons (Fsp3) is 0.522. The maximum Gasteiger partial charge on any atom is 0.254 e. The van der Waals surface area contributed by atoms with E-state index in [1.54, 1.807) is 25.1 Å². The maximum atomic E-state index is 13.4. The van der Waals surface area contributed by atoms with Crippen molar-refractivity contribution in [3.63, 3.8) is 0 Å². The highest BCUT2D eigenvalue weighted by Crippen LogP contribution is 2.38. The lowest BCUT2D eigenvalue weighted by Gasteiger charge is -2.55. The van der Waals surface area contributed by atoms with Crippen LogP contribution in [0, 0.1) is 17.5 Å². The predicted molar refractivity (Wildman–Crippen MR) is 126 cm³/mol. The quantitative estimate of drug-likeness (QED) is 0.294. The third-order valence-electron chi connectivity index (χ3n) is 6.01. The first-order chi connectivity index (χ1) is 15.2. The van der Waals surface area contributed by atoms with Crippen molar-refractivity contribution in [1.82, 2.24) is 19.5 Å². The van der Waals surface area contributed by atoms with Gasteiger partial charge in [-0.1, -0.05) is 13.3 Å². The summed E-state index contributed by atoms with van der Waals surface area (Å²) in [6.45, 7) is 7.28. The van der Waals surface area contributed by atoms with E-state index in [1.165, 1.54) is 0 Å². The molecule has 32 heavy (non-hydrogen) atoms. The van der Waals surface area contributed by atoms with Gasteiger partial charge in [0.05, 0.1) is 30.2 Å². The molecule has 1 saturated heterocycles. The van der Waals surface area contributed by atoms with Crippen molar-refractivity contribution >= 4 is 11.4 Å². The first-order valence-electron chi connectivity index (χ1n) is 11.1. The highest BCUT2D eigenvalue weighted by atomic mass is 16.6. The molecule has 0 atom stereocenters. The van der Waals surface area contributed by atoms with Gasteiger partial charge in [-0.2, -0.15) is 0 Å². The maximum absolute atomic E-state index is 13.4. The summed E-state index contributed by atoms with van der Waals surface area (Å²) in [4.78, 5) is 22.0. The van der Waals surface area contributed by atoms with Gasteiger partial charge in [0.15, 0.2) is 0 Å². The lowest BCUT2D eigenvalue weighted by Crippen LogP contribution is -2.69. The molecule has 2 aromatic rings. The molecule has 1 aliphatic heterocycles. The van der Waals surface area contributed by atoms with Crippen molar-refractivity contribution < 1.29 is 9.84 Å². The first-order valence-corrected chi connectivity index (χ1v) is 11.1. The number of benzene rings is 1. The summed E-state index contributed by atoms with van der Waals surface area (Å²) < 4.78 is 5.27. The second-order valence-corrected chi connectivity index (χ2v) is 8.34. The molecule has 0 aliphatic carbocycles. The second kappa shape index (κ2) is 9.91. The van der Waals surface area contributed by atoms with Crippen molar-refractivity contribution in [3.05, 3.63) is 45.0 Å². The van der Waals surface area contributed by atoms with Crippen LogP contribution in [0.3, 0.4) is 0 Å². The van der Waals surface area contributed by atoms with Crippen LogP contribution in [-0.4, -0.2) is 71.6 Å². The number of aliphatic hydroxyl groups excluding tert-OH is 1. The zero-order valence-electron chi connectivity index (χ0n) is 19.3. The van der Waals surface area contributed by atoms with Crippen LogP contribution in [0.4, 0.5) is 5.69 Å². The Balaban J connectivity index is 2.01. The molecule has 1 fully saturated rings. The topological polar surface area (TPSA) is 125 Å². The Hall–Kier alpha value is -2.59. The molecule has 3 N–H and O–H groups in total. The third-order valence-corrected chi connectivity index (χ3v) is 6.01. The molecule has 1 aliphatic rings. The fourth-order valence-corrected chi connectivity index (χ4v) is 4.02. The Kier molecular flexibility index (Phi) is 7.45. The van der Waals surface area contributed by atoms with Crippen LogP contribution in [-0.2, 0) is 0 Å². The number of nitrogens with one attached hydrogen (secondary N) is 2. The number of likely N-dealkylation sites (N-methyl/N-ethyl adjacent to an activating group) is 1. The van der Waals surface area contributed by atoms with Gasteiger partial charge in [0, 0.05) is 24.2 Å². The SMILES string of the molecule is CCCC(=N)c1nc(-c2cc([N+]3([O-])CC(N(C)CCO)C3)ccc2OCC)[nH]c(=O)c1C. The number of hydrogen-bond acceptors (Lipinski definition) is 7. The average Bonchev–Trinajstić information content (AvgIpc) is 2.74. The Morgan fingerprint density at radius 3 is 2.75 bits per heavy atom. The van der Waals surface area contributed by atoms with Crippen LogP contribution in [0.1, 0.15) is 37.9 Å². The van der Waals surface area contributed by atoms with Crippen LogP contribution in [0.2, 0.25) is 0 Å². The summed E-state index contributed by atoms with van der Waals surface area (Å²) in [7, 11) is 1.90. The standard InChI is InChI=1S/C23H33N5O4/c1-5-7-19(24)21-15(3)23(30)26-22(25-21)18-12-17(8-9-20(18)32-6-2)28(31)13-16(14-28)27(4)10-11-29/h8-9,12,16,24,29H,5-7,10-11,13-14H2,1-4H3,(H,25,26,30). The number of aliphatic hydroxyl groups is 1. The van der Waals surface area contributed by atoms with Crippen LogP contribution in [0.25, 0.3) is 11.4 Å². The molecule has 9 nitrogen and oxygen atoms in total. The Bertz CT molecular complexity index is 1030. The van der Waals surface area contributed by atoms with Crippen molar-refractivity contribution in [3.8, 4) is 17.1 Å². The van der Waals surface area contributed by atoms with Gasteiger partial charge in [0.1, 0.15) is 36.4 Å².